The van der Waals surface area contributed by atoms with Crippen LogP contribution in [-0.4, -0.2) is 4.43 Å². The Morgan fingerprint density at radius 3 is 1.88 bits per heavy atom. The summed E-state index contributed by atoms with van der Waals surface area (Å²) in [6, 6.07) is 9.15. The molecule has 0 amide bonds. The highest BCUT2D eigenvalue weighted by Gasteiger charge is 1.95. The third-order valence-electron chi connectivity index (χ3n) is 3.28. The topological polar surface area (TPSA) is 0 Å². The van der Waals surface area contributed by atoms with Crippen LogP contribution in [0.1, 0.15) is 56.6 Å². The molecule has 0 nitrogen and oxygen atoms in total. The first-order valence-corrected chi connectivity index (χ1v) is 8.53. The zero-order chi connectivity index (χ0) is 12.3. The molecular weight excluding hydrogens is 319 g/mol. The Bertz CT molecular complexity index is 276. The van der Waals surface area contributed by atoms with E-state index in [1.54, 1.807) is 0 Å². The van der Waals surface area contributed by atoms with Crippen molar-refractivity contribution in [2.75, 3.05) is 4.43 Å². The van der Waals surface area contributed by atoms with Crippen LogP contribution in [0.2, 0.25) is 0 Å². The Hall–Kier alpha value is -0.0500. The van der Waals surface area contributed by atoms with E-state index in [2.05, 4.69) is 53.8 Å². The predicted octanol–water partition coefficient (Wildman–Crippen LogP) is 5.57. The maximum Gasteiger partial charge on any atom is -0.000473 e. The zero-order valence-electron chi connectivity index (χ0n) is 11.1. The third-order valence-corrected chi connectivity index (χ3v) is 4.04. The summed E-state index contributed by atoms with van der Waals surface area (Å²) >= 11 is 2.47. The third kappa shape index (κ3) is 7.07. The summed E-state index contributed by atoms with van der Waals surface area (Å²) in [5.74, 6) is 0. The van der Waals surface area contributed by atoms with Crippen LogP contribution in [0.3, 0.4) is 0 Å². The van der Waals surface area contributed by atoms with Crippen LogP contribution in [-0.2, 0) is 12.8 Å². The molecule has 0 bridgehead atoms. The maximum absolute atomic E-state index is 2.47. The second-order valence-corrected chi connectivity index (χ2v) is 5.81. The van der Waals surface area contributed by atoms with Crippen LogP contribution >= 0.6 is 22.6 Å². The number of unbranched alkanes of at least 4 members (excludes halogenated alkanes) is 5. The molecule has 0 saturated heterocycles. The van der Waals surface area contributed by atoms with Crippen molar-refractivity contribution in [1.82, 2.24) is 0 Å². The van der Waals surface area contributed by atoms with Crippen LogP contribution in [0.5, 0.6) is 0 Å². The van der Waals surface area contributed by atoms with Crippen LogP contribution in [0.4, 0.5) is 0 Å². The van der Waals surface area contributed by atoms with E-state index in [-0.39, 0.29) is 0 Å². The molecule has 0 aliphatic rings. The first-order valence-electron chi connectivity index (χ1n) is 7.00. The normalized spacial score (nSPS) is 10.7. The lowest BCUT2D eigenvalue weighted by Gasteiger charge is -2.03. The molecule has 0 aliphatic carbocycles. The van der Waals surface area contributed by atoms with Gasteiger partial charge < -0.3 is 0 Å². The molecule has 0 heterocycles. The van der Waals surface area contributed by atoms with Crippen molar-refractivity contribution in [3.8, 4) is 0 Å². The molecule has 0 fully saturated rings. The van der Waals surface area contributed by atoms with Crippen LogP contribution in [0.15, 0.2) is 24.3 Å². The quantitative estimate of drug-likeness (QED) is 0.312. The number of benzene rings is 1. The number of halogens is 1. The van der Waals surface area contributed by atoms with E-state index in [0.717, 1.165) is 6.42 Å². The van der Waals surface area contributed by atoms with Gasteiger partial charge in [-0.15, -0.1) is 0 Å². The van der Waals surface area contributed by atoms with Gasteiger partial charge in [0.05, 0.1) is 0 Å². The molecule has 1 rings (SSSR count). The van der Waals surface area contributed by atoms with Crippen LogP contribution in [0.25, 0.3) is 0 Å². The van der Waals surface area contributed by atoms with Gasteiger partial charge in [0.2, 0.25) is 0 Å². The van der Waals surface area contributed by atoms with Gasteiger partial charge in [0.1, 0.15) is 0 Å². The largest absolute Gasteiger partial charge is 0.0864 e. The summed E-state index contributed by atoms with van der Waals surface area (Å²) in [5, 5.41) is 0. The standard InChI is InChI=1S/C16H25I/c1-2-15-10-12-16(13-11-15)9-7-5-3-4-6-8-14-17/h10-13H,2-9,14H2,1H3. The Morgan fingerprint density at radius 1 is 0.765 bits per heavy atom. The summed E-state index contributed by atoms with van der Waals surface area (Å²) in [5.41, 5.74) is 2.96. The first kappa shape index (κ1) is 15.0. The summed E-state index contributed by atoms with van der Waals surface area (Å²) in [6.45, 7) is 2.21. The van der Waals surface area contributed by atoms with Gasteiger partial charge in [0.25, 0.3) is 0 Å². The smallest absolute Gasteiger partial charge is 0.000473 e. The number of aryl methyl sites for hydroxylation is 2. The summed E-state index contributed by atoms with van der Waals surface area (Å²) in [7, 11) is 0. The van der Waals surface area contributed by atoms with Gasteiger partial charge in [-0.2, -0.15) is 0 Å². The van der Waals surface area contributed by atoms with Gasteiger partial charge in [-0.05, 0) is 41.2 Å². The average Bonchev–Trinajstić information content (AvgIpc) is 2.38. The van der Waals surface area contributed by atoms with Crippen LogP contribution < -0.4 is 0 Å². The molecule has 0 N–H and O–H groups in total. The van der Waals surface area contributed by atoms with E-state index in [1.165, 1.54) is 60.5 Å². The van der Waals surface area contributed by atoms with E-state index < -0.39 is 0 Å². The van der Waals surface area contributed by atoms with Crippen molar-refractivity contribution >= 4 is 22.6 Å². The van der Waals surface area contributed by atoms with Crippen molar-refractivity contribution in [1.29, 1.82) is 0 Å². The first-order chi connectivity index (χ1) is 8.36. The van der Waals surface area contributed by atoms with Gasteiger partial charge in [-0.25, -0.2) is 0 Å². The van der Waals surface area contributed by atoms with E-state index in [9.17, 15) is 0 Å². The molecule has 0 spiro atoms. The van der Waals surface area contributed by atoms with Gasteiger partial charge in [-0.3, -0.25) is 0 Å². The maximum atomic E-state index is 2.47. The lowest BCUT2D eigenvalue weighted by Crippen LogP contribution is -1.88. The fraction of sp³-hybridized carbons (Fsp3) is 0.625. The monoisotopic (exact) mass is 344 g/mol. The SMILES string of the molecule is CCc1ccc(CCCCCCCCI)cc1. The lowest BCUT2D eigenvalue weighted by atomic mass is 10.0. The highest BCUT2D eigenvalue weighted by atomic mass is 127. The molecule has 1 aromatic rings. The number of hydrogen-bond donors (Lipinski definition) is 0. The van der Waals surface area contributed by atoms with Crippen molar-refractivity contribution in [3.63, 3.8) is 0 Å². The Balaban J connectivity index is 2.05. The van der Waals surface area contributed by atoms with Crippen LogP contribution in [0, 0.1) is 0 Å². The van der Waals surface area contributed by atoms with E-state index >= 15 is 0 Å². The average molecular weight is 344 g/mol. The summed E-state index contributed by atoms with van der Waals surface area (Å²) in [4.78, 5) is 0. The molecule has 0 aliphatic heterocycles. The Kier molecular flexibility index (Phi) is 8.76. The minimum absolute atomic E-state index is 1.15. The Morgan fingerprint density at radius 2 is 1.29 bits per heavy atom. The van der Waals surface area contributed by atoms with Gasteiger partial charge in [-0.1, -0.05) is 79.5 Å². The molecule has 0 atom stereocenters. The highest BCUT2D eigenvalue weighted by Crippen LogP contribution is 2.11. The van der Waals surface area contributed by atoms with Crippen molar-refractivity contribution in [2.45, 2.75) is 58.3 Å². The van der Waals surface area contributed by atoms with Crippen molar-refractivity contribution in [2.24, 2.45) is 0 Å². The Labute approximate surface area is 120 Å². The minimum atomic E-state index is 1.15. The summed E-state index contributed by atoms with van der Waals surface area (Å²) in [6.07, 6.45) is 10.8. The van der Waals surface area contributed by atoms with E-state index in [4.69, 9.17) is 0 Å². The second kappa shape index (κ2) is 9.93. The molecule has 0 aromatic heterocycles. The molecule has 96 valence electrons. The fourth-order valence-corrected chi connectivity index (χ4v) is 2.61. The van der Waals surface area contributed by atoms with Gasteiger partial charge >= 0.3 is 0 Å². The van der Waals surface area contributed by atoms with E-state index in [1.807, 2.05) is 0 Å². The molecule has 1 aromatic carbocycles. The summed E-state index contributed by atoms with van der Waals surface area (Å²) < 4.78 is 1.32. The lowest BCUT2D eigenvalue weighted by molar-refractivity contribution is 0.610. The second-order valence-electron chi connectivity index (χ2n) is 4.73. The molecule has 0 radical (unpaired) electrons. The predicted molar refractivity (Wildman–Crippen MR) is 86.1 cm³/mol. The molecule has 0 saturated carbocycles. The number of hydrogen-bond acceptors (Lipinski definition) is 0. The molecule has 1 heteroatoms. The van der Waals surface area contributed by atoms with Crippen molar-refractivity contribution in [3.05, 3.63) is 35.4 Å². The molecular formula is C16H25I. The molecule has 0 unspecified atom stereocenters. The number of rotatable bonds is 9. The van der Waals surface area contributed by atoms with Crippen molar-refractivity contribution < 1.29 is 0 Å². The number of alkyl halides is 1. The highest BCUT2D eigenvalue weighted by molar-refractivity contribution is 14.1. The molecule has 17 heavy (non-hydrogen) atoms. The minimum Gasteiger partial charge on any atom is -0.0864 e. The van der Waals surface area contributed by atoms with E-state index in [0.29, 0.717) is 0 Å². The zero-order valence-corrected chi connectivity index (χ0v) is 13.2. The van der Waals surface area contributed by atoms with Gasteiger partial charge in [0, 0.05) is 0 Å². The van der Waals surface area contributed by atoms with Gasteiger partial charge in [0.15, 0.2) is 0 Å². The fourth-order valence-electron chi connectivity index (χ4n) is 2.07.